The first-order valence-corrected chi connectivity index (χ1v) is 7.14. The van der Waals surface area contributed by atoms with Crippen molar-refractivity contribution in [1.29, 1.82) is 0 Å². The van der Waals surface area contributed by atoms with Gasteiger partial charge in [-0.15, -0.1) is 0 Å². The maximum atomic E-state index is 11.9. The largest absolute Gasteiger partial charge is 0.356 e. The highest BCUT2D eigenvalue weighted by molar-refractivity contribution is 5.78. The van der Waals surface area contributed by atoms with Crippen LogP contribution in [-0.4, -0.2) is 37.5 Å². The maximum absolute atomic E-state index is 11.9. The van der Waals surface area contributed by atoms with Crippen LogP contribution in [0.1, 0.15) is 24.0 Å². The Balaban J connectivity index is 1.73. The Kier molecular flexibility index (Phi) is 4.97. The average molecular weight is 260 g/mol. The summed E-state index contributed by atoms with van der Waals surface area (Å²) in [5, 5.41) is 3.08. The van der Waals surface area contributed by atoms with Gasteiger partial charge in [0.05, 0.1) is 6.42 Å². The van der Waals surface area contributed by atoms with Gasteiger partial charge in [-0.1, -0.05) is 29.8 Å². The van der Waals surface area contributed by atoms with Crippen molar-refractivity contribution in [3.63, 3.8) is 0 Å². The van der Waals surface area contributed by atoms with Gasteiger partial charge < -0.3 is 10.2 Å². The van der Waals surface area contributed by atoms with E-state index in [0.717, 1.165) is 25.2 Å². The highest BCUT2D eigenvalue weighted by atomic mass is 16.1. The summed E-state index contributed by atoms with van der Waals surface area (Å²) in [6.07, 6.45) is 2.89. The summed E-state index contributed by atoms with van der Waals surface area (Å²) in [5.74, 6) is 0.794. The lowest BCUT2D eigenvalue weighted by Gasteiger charge is -2.28. The molecule has 2 rings (SSSR count). The summed E-state index contributed by atoms with van der Waals surface area (Å²) in [6.45, 7) is 5.19. The van der Waals surface area contributed by atoms with Gasteiger partial charge in [-0.25, -0.2) is 0 Å². The molecule has 3 heteroatoms. The van der Waals surface area contributed by atoms with Crippen LogP contribution in [0.15, 0.2) is 24.3 Å². The van der Waals surface area contributed by atoms with E-state index in [1.807, 2.05) is 12.1 Å². The van der Waals surface area contributed by atoms with Crippen molar-refractivity contribution >= 4 is 5.91 Å². The minimum Gasteiger partial charge on any atom is -0.356 e. The molecule has 0 saturated carbocycles. The van der Waals surface area contributed by atoms with Gasteiger partial charge in [0, 0.05) is 6.54 Å². The molecule has 0 aliphatic carbocycles. The highest BCUT2D eigenvalue weighted by Gasteiger charge is 2.17. The molecule has 3 nitrogen and oxygen atoms in total. The van der Waals surface area contributed by atoms with Crippen molar-refractivity contribution in [2.24, 2.45) is 5.92 Å². The lowest BCUT2D eigenvalue weighted by molar-refractivity contribution is -0.120. The quantitative estimate of drug-likeness (QED) is 0.898. The second kappa shape index (κ2) is 6.71. The standard InChI is InChI=1S/C16H24N2O/c1-13-4-3-5-15(10-13)11-16(19)17-12-14-6-8-18(2)9-7-14/h3-5,10,14H,6-9,11-12H2,1-2H3,(H,17,19). The second-order valence-corrected chi connectivity index (χ2v) is 5.72. The van der Waals surface area contributed by atoms with Crippen molar-refractivity contribution in [2.75, 3.05) is 26.7 Å². The van der Waals surface area contributed by atoms with Gasteiger partial charge in [0.15, 0.2) is 0 Å². The first kappa shape index (κ1) is 14.1. The van der Waals surface area contributed by atoms with E-state index in [9.17, 15) is 4.79 Å². The summed E-state index contributed by atoms with van der Waals surface area (Å²) in [7, 11) is 2.16. The molecule has 1 saturated heterocycles. The summed E-state index contributed by atoms with van der Waals surface area (Å²) in [5.41, 5.74) is 2.31. The third-order valence-corrected chi connectivity index (χ3v) is 3.87. The van der Waals surface area contributed by atoms with Crippen LogP contribution < -0.4 is 5.32 Å². The van der Waals surface area contributed by atoms with E-state index >= 15 is 0 Å². The van der Waals surface area contributed by atoms with Gasteiger partial charge in [-0.3, -0.25) is 4.79 Å². The number of aryl methyl sites for hydroxylation is 1. The molecule has 0 aromatic heterocycles. The number of hydrogen-bond donors (Lipinski definition) is 1. The number of nitrogens with one attached hydrogen (secondary N) is 1. The first-order valence-electron chi connectivity index (χ1n) is 7.14. The number of likely N-dealkylation sites (tertiary alicyclic amines) is 1. The van der Waals surface area contributed by atoms with Gasteiger partial charge in [0.2, 0.25) is 5.91 Å². The molecular formula is C16H24N2O. The van der Waals surface area contributed by atoms with Gasteiger partial charge >= 0.3 is 0 Å². The fourth-order valence-electron chi connectivity index (χ4n) is 2.59. The summed E-state index contributed by atoms with van der Waals surface area (Å²) in [4.78, 5) is 14.3. The Hall–Kier alpha value is -1.35. The smallest absolute Gasteiger partial charge is 0.224 e. The molecule has 0 atom stereocenters. The number of rotatable bonds is 4. The van der Waals surface area contributed by atoms with E-state index in [1.54, 1.807) is 0 Å². The Morgan fingerprint density at radius 2 is 2.11 bits per heavy atom. The average Bonchev–Trinajstić information content (AvgIpc) is 2.38. The van der Waals surface area contributed by atoms with Crippen LogP contribution >= 0.6 is 0 Å². The molecule has 0 bridgehead atoms. The van der Waals surface area contributed by atoms with E-state index in [1.165, 1.54) is 18.4 Å². The number of hydrogen-bond acceptors (Lipinski definition) is 2. The molecule has 0 spiro atoms. The lowest BCUT2D eigenvalue weighted by Crippen LogP contribution is -2.37. The minimum atomic E-state index is 0.143. The number of carbonyl (C=O) groups is 1. The summed E-state index contributed by atoms with van der Waals surface area (Å²) >= 11 is 0. The van der Waals surface area contributed by atoms with Crippen LogP contribution in [-0.2, 0) is 11.2 Å². The summed E-state index contributed by atoms with van der Waals surface area (Å²) in [6, 6.07) is 8.16. The Labute approximate surface area is 116 Å². The number of carbonyl (C=O) groups excluding carboxylic acids is 1. The van der Waals surface area contributed by atoms with Crippen LogP contribution in [0.3, 0.4) is 0 Å². The molecule has 0 unspecified atom stereocenters. The topological polar surface area (TPSA) is 32.3 Å². The molecule has 1 aliphatic heterocycles. The van der Waals surface area contributed by atoms with Crippen LogP contribution in [0.5, 0.6) is 0 Å². The normalized spacial score (nSPS) is 17.4. The van der Waals surface area contributed by atoms with Gasteiger partial charge in [-0.2, -0.15) is 0 Å². The molecule has 1 amide bonds. The first-order chi connectivity index (χ1) is 9.13. The molecular weight excluding hydrogens is 236 g/mol. The third-order valence-electron chi connectivity index (χ3n) is 3.87. The zero-order valence-corrected chi connectivity index (χ0v) is 12.0. The fraction of sp³-hybridized carbons (Fsp3) is 0.562. The second-order valence-electron chi connectivity index (χ2n) is 5.72. The van der Waals surface area contributed by atoms with Crippen molar-refractivity contribution in [3.8, 4) is 0 Å². The zero-order chi connectivity index (χ0) is 13.7. The lowest BCUT2D eigenvalue weighted by atomic mass is 9.97. The number of benzene rings is 1. The number of piperidine rings is 1. The van der Waals surface area contributed by atoms with Crippen molar-refractivity contribution in [2.45, 2.75) is 26.2 Å². The fourth-order valence-corrected chi connectivity index (χ4v) is 2.59. The third kappa shape index (κ3) is 4.67. The van der Waals surface area contributed by atoms with Crippen molar-refractivity contribution in [3.05, 3.63) is 35.4 Å². The maximum Gasteiger partial charge on any atom is 0.224 e. The zero-order valence-electron chi connectivity index (χ0n) is 12.0. The molecule has 1 aliphatic rings. The molecule has 1 aromatic carbocycles. The molecule has 1 heterocycles. The Morgan fingerprint density at radius 1 is 1.37 bits per heavy atom. The number of amides is 1. The van der Waals surface area contributed by atoms with E-state index in [0.29, 0.717) is 12.3 Å². The number of nitrogens with zero attached hydrogens (tertiary/aromatic N) is 1. The molecule has 1 fully saturated rings. The van der Waals surface area contributed by atoms with Crippen molar-refractivity contribution in [1.82, 2.24) is 10.2 Å². The molecule has 1 N–H and O–H groups in total. The van der Waals surface area contributed by atoms with E-state index < -0.39 is 0 Å². The molecule has 104 valence electrons. The van der Waals surface area contributed by atoms with Crippen LogP contribution in [0, 0.1) is 12.8 Å². The van der Waals surface area contributed by atoms with Crippen LogP contribution in [0.2, 0.25) is 0 Å². The van der Waals surface area contributed by atoms with Crippen LogP contribution in [0.4, 0.5) is 0 Å². The predicted octanol–water partition coefficient (Wildman–Crippen LogP) is 2.00. The van der Waals surface area contributed by atoms with Gasteiger partial charge in [0.1, 0.15) is 0 Å². The predicted molar refractivity (Wildman–Crippen MR) is 78.1 cm³/mol. The Morgan fingerprint density at radius 3 is 2.79 bits per heavy atom. The monoisotopic (exact) mass is 260 g/mol. The molecule has 0 radical (unpaired) electrons. The van der Waals surface area contributed by atoms with Gasteiger partial charge in [0.25, 0.3) is 0 Å². The minimum absolute atomic E-state index is 0.143. The van der Waals surface area contributed by atoms with E-state index in [4.69, 9.17) is 0 Å². The van der Waals surface area contributed by atoms with E-state index in [2.05, 4.69) is 36.3 Å². The molecule has 1 aromatic rings. The SMILES string of the molecule is Cc1cccc(CC(=O)NCC2CCN(C)CC2)c1. The van der Waals surface area contributed by atoms with E-state index in [-0.39, 0.29) is 5.91 Å². The van der Waals surface area contributed by atoms with Crippen LogP contribution in [0.25, 0.3) is 0 Å². The highest BCUT2D eigenvalue weighted by Crippen LogP contribution is 2.14. The van der Waals surface area contributed by atoms with Gasteiger partial charge in [-0.05, 0) is 51.4 Å². The van der Waals surface area contributed by atoms with Crippen molar-refractivity contribution < 1.29 is 4.79 Å². The Bertz CT molecular complexity index is 423. The summed E-state index contributed by atoms with van der Waals surface area (Å²) < 4.78 is 0. The molecule has 19 heavy (non-hydrogen) atoms.